The molecule has 0 bridgehead atoms. The summed E-state index contributed by atoms with van der Waals surface area (Å²) in [4.78, 5) is 13.0. The first-order valence-corrected chi connectivity index (χ1v) is 14.9. The van der Waals surface area contributed by atoms with Gasteiger partial charge in [-0.25, -0.2) is 9.18 Å². The van der Waals surface area contributed by atoms with E-state index in [4.69, 9.17) is 9.16 Å². The van der Waals surface area contributed by atoms with Crippen molar-refractivity contribution >= 4 is 20.4 Å². The second-order valence-electron chi connectivity index (χ2n) is 10.1. The first kappa shape index (κ1) is 23.4. The lowest BCUT2D eigenvalue weighted by atomic mass is 9.79. The van der Waals surface area contributed by atoms with Crippen molar-refractivity contribution in [2.75, 3.05) is 0 Å². The number of esters is 1. The SMILES string of the molecule is CC[Si](CC)(CC)O[C@]1(C)CCC2=C(C)CC[C@H]3/C(=C/c4cccc(F)c4)C(=O)O[C@@H]3[C@H]21. The van der Waals surface area contributed by atoms with Gasteiger partial charge in [0.25, 0.3) is 0 Å². The summed E-state index contributed by atoms with van der Waals surface area (Å²) in [5.41, 5.74) is 3.99. The van der Waals surface area contributed by atoms with Gasteiger partial charge in [-0.05, 0) is 81.4 Å². The van der Waals surface area contributed by atoms with Gasteiger partial charge in [-0.3, -0.25) is 0 Å². The van der Waals surface area contributed by atoms with Crippen molar-refractivity contribution < 1.29 is 18.3 Å². The van der Waals surface area contributed by atoms with E-state index in [0.29, 0.717) is 11.1 Å². The number of rotatable bonds is 6. The van der Waals surface area contributed by atoms with Crippen LogP contribution in [0.25, 0.3) is 6.08 Å². The fraction of sp³-hybridized carbons (Fsp3) is 0.593. The summed E-state index contributed by atoms with van der Waals surface area (Å²) in [6.45, 7) is 11.3. The lowest BCUT2D eigenvalue weighted by Crippen LogP contribution is -2.51. The highest BCUT2D eigenvalue weighted by Gasteiger charge is 2.57. The Kier molecular flexibility index (Phi) is 6.52. The first-order valence-electron chi connectivity index (χ1n) is 12.3. The van der Waals surface area contributed by atoms with Gasteiger partial charge in [0.05, 0.1) is 5.60 Å². The van der Waals surface area contributed by atoms with Gasteiger partial charge < -0.3 is 9.16 Å². The van der Waals surface area contributed by atoms with Crippen molar-refractivity contribution in [3.05, 3.63) is 52.4 Å². The van der Waals surface area contributed by atoms with E-state index in [2.05, 4.69) is 34.6 Å². The lowest BCUT2D eigenvalue weighted by Gasteiger charge is -2.43. The molecule has 1 saturated carbocycles. The Labute approximate surface area is 193 Å². The van der Waals surface area contributed by atoms with E-state index in [1.54, 1.807) is 6.07 Å². The molecule has 0 spiro atoms. The van der Waals surface area contributed by atoms with Crippen LogP contribution in [0.4, 0.5) is 4.39 Å². The van der Waals surface area contributed by atoms with Crippen LogP contribution in [-0.2, 0) is 14.0 Å². The van der Waals surface area contributed by atoms with Gasteiger partial charge in [0, 0.05) is 17.4 Å². The van der Waals surface area contributed by atoms with E-state index in [0.717, 1.165) is 43.8 Å². The average molecular weight is 457 g/mol. The minimum Gasteiger partial charge on any atom is -0.458 e. The maximum absolute atomic E-state index is 13.8. The van der Waals surface area contributed by atoms with Crippen LogP contribution in [0.1, 0.15) is 65.9 Å². The van der Waals surface area contributed by atoms with Gasteiger partial charge in [0.2, 0.25) is 0 Å². The van der Waals surface area contributed by atoms with Gasteiger partial charge >= 0.3 is 5.97 Å². The summed E-state index contributed by atoms with van der Waals surface area (Å²) >= 11 is 0. The molecule has 0 unspecified atom stereocenters. The largest absolute Gasteiger partial charge is 0.458 e. The molecule has 1 aromatic rings. The number of ether oxygens (including phenoxy) is 1. The number of allylic oxidation sites excluding steroid dienone is 1. The van der Waals surface area contributed by atoms with Crippen molar-refractivity contribution in [3.8, 4) is 0 Å². The normalized spacial score (nSPS) is 31.5. The second-order valence-corrected chi connectivity index (χ2v) is 14.8. The zero-order valence-electron chi connectivity index (χ0n) is 20.2. The van der Waals surface area contributed by atoms with Crippen molar-refractivity contribution in [3.63, 3.8) is 0 Å². The van der Waals surface area contributed by atoms with Crippen LogP contribution >= 0.6 is 0 Å². The number of hydrogen-bond acceptors (Lipinski definition) is 3. The third kappa shape index (κ3) is 4.03. The molecule has 0 N–H and O–H groups in total. The third-order valence-corrected chi connectivity index (χ3v) is 13.2. The maximum atomic E-state index is 13.8. The monoisotopic (exact) mass is 456 g/mol. The van der Waals surface area contributed by atoms with Gasteiger partial charge in [-0.2, -0.15) is 0 Å². The molecule has 2 aliphatic carbocycles. The molecule has 5 heteroatoms. The Balaban J connectivity index is 1.73. The number of carbonyl (C=O) groups excluding carboxylic acids is 1. The highest BCUT2D eigenvalue weighted by molar-refractivity contribution is 6.73. The zero-order chi connectivity index (χ0) is 23.1. The van der Waals surface area contributed by atoms with Gasteiger partial charge in [-0.1, -0.05) is 44.1 Å². The molecule has 4 rings (SSSR count). The number of benzene rings is 1. The topological polar surface area (TPSA) is 35.5 Å². The molecule has 3 nitrogen and oxygen atoms in total. The van der Waals surface area contributed by atoms with E-state index in [9.17, 15) is 9.18 Å². The molecule has 1 aromatic carbocycles. The molecule has 0 aromatic heterocycles. The summed E-state index contributed by atoms with van der Waals surface area (Å²) < 4.78 is 27.1. The van der Waals surface area contributed by atoms with Gasteiger partial charge in [0.1, 0.15) is 11.9 Å². The molecule has 0 radical (unpaired) electrons. The minimum absolute atomic E-state index is 0.0187. The van der Waals surface area contributed by atoms with E-state index >= 15 is 0 Å². The molecular formula is C27H37FO3Si. The molecule has 1 heterocycles. The Bertz CT molecular complexity index is 940. The fourth-order valence-corrected chi connectivity index (χ4v) is 9.51. The van der Waals surface area contributed by atoms with Crippen molar-refractivity contribution in [1.29, 1.82) is 0 Å². The van der Waals surface area contributed by atoms with Gasteiger partial charge in [0.15, 0.2) is 8.32 Å². The number of hydrogen-bond donors (Lipinski definition) is 0. The number of halogens is 1. The van der Waals surface area contributed by atoms with Crippen LogP contribution in [0.15, 0.2) is 41.0 Å². The molecule has 3 aliphatic rings. The summed E-state index contributed by atoms with van der Waals surface area (Å²) in [6.07, 6.45) is 5.52. The maximum Gasteiger partial charge on any atom is 0.334 e. The molecule has 1 saturated heterocycles. The molecule has 1 aliphatic heterocycles. The number of carbonyl (C=O) groups is 1. The van der Waals surface area contributed by atoms with Crippen LogP contribution in [0.5, 0.6) is 0 Å². The molecular weight excluding hydrogens is 419 g/mol. The van der Waals surface area contributed by atoms with Crippen molar-refractivity contribution in [2.45, 2.75) is 90.1 Å². The summed E-state index contributed by atoms with van der Waals surface area (Å²) in [5.74, 6) is -0.416. The summed E-state index contributed by atoms with van der Waals surface area (Å²) in [7, 11) is -1.83. The smallest absolute Gasteiger partial charge is 0.334 e. The standard InChI is InChI=1S/C27H37FO3Si/c1-6-32(7-2,8-3)31-27(5)15-14-21-18(4)12-13-22-23(26(29)30-25(22)24(21)27)17-19-10-9-11-20(28)16-19/h9-11,16-17,22,24-25H,6-8,12-15H2,1-5H3/b23-17-/t22-,24-,25-,27+/m0/s1. The van der Waals surface area contributed by atoms with Gasteiger partial charge in [-0.15, -0.1) is 0 Å². The predicted octanol–water partition coefficient (Wildman–Crippen LogP) is 7.05. The molecule has 32 heavy (non-hydrogen) atoms. The summed E-state index contributed by atoms with van der Waals surface area (Å²) in [5, 5.41) is 0. The Morgan fingerprint density at radius 2 is 1.94 bits per heavy atom. The quantitative estimate of drug-likeness (QED) is 0.199. The highest BCUT2D eigenvalue weighted by Crippen LogP contribution is 2.55. The number of fused-ring (bicyclic) bond motifs is 3. The van der Waals surface area contributed by atoms with Crippen LogP contribution in [-0.4, -0.2) is 26.0 Å². The zero-order valence-corrected chi connectivity index (χ0v) is 21.2. The third-order valence-electron chi connectivity index (χ3n) is 8.46. The van der Waals surface area contributed by atoms with Crippen molar-refractivity contribution in [1.82, 2.24) is 0 Å². The van der Waals surface area contributed by atoms with Crippen LogP contribution in [0.3, 0.4) is 0 Å². The van der Waals surface area contributed by atoms with Crippen molar-refractivity contribution in [2.24, 2.45) is 11.8 Å². The van der Waals surface area contributed by atoms with E-state index in [-0.39, 0.29) is 35.3 Å². The highest BCUT2D eigenvalue weighted by atomic mass is 28.4. The van der Waals surface area contributed by atoms with E-state index < -0.39 is 8.32 Å². The van der Waals surface area contributed by atoms with Crippen LogP contribution < -0.4 is 0 Å². The minimum atomic E-state index is -1.83. The average Bonchev–Trinajstić information content (AvgIpc) is 3.22. The predicted molar refractivity (Wildman–Crippen MR) is 129 cm³/mol. The molecule has 4 atom stereocenters. The Morgan fingerprint density at radius 1 is 1.22 bits per heavy atom. The fourth-order valence-electron chi connectivity index (χ4n) is 6.36. The first-order chi connectivity index (χ1) is 15.3. The second kappa shape index (κ2) is 8.90. The summed E-state index contributed by atoms with van der Waals surface area (Å²) in [6, 6.07) is 9.76. The Morgan fingerprint density at radius 3 is 2.59 bits per heavy atom. The van der Waals surface area contributed by atoms with Crippen LogP contribution in [0, 0.1) is 17.7 Å². The van der Waals surface area contributed by atoms with E-state index in [1.807, 2.05) is 12.1 Å². The lowest BCUT2D eigenvalue weighted by molar-refractivity contribution is -0.143. The molecule has 2 fully saturated rings. The molecule has 0 amide bonds. The van der Waals surface area contributed by atoms with E-state index in [1.165, 1.54) is 23.3 Å². The molecule has 174 valence electrons. The van der Waals surface area contributed by atoms with Crippen LogP contribution in [0.2, 0.25) is 18.1 Å². The Hall–Kier alpha value is -1.72.